The van der Waals surface area contributed by atoms with E-state index in [1.165, 1.54) is 0 Å². The van der Waals surface area contributed by atoms with Crippen LogP contribution in [-0.2, 0) is 11.3 Å². The number of carbonyl (C=O) groups is 1. The van der Waals surface area contributed by atoms with Crippen molar-refractivity contribution >= 4 is 17.7 Å². The number of benzene rings is 1. The van der Waals surface area contributed by atoms with Crippen LogP contribution in [0.4, 0.5) is 0 Å². The Morgan fingerprint density at radius 3 is 2.75 bits per heavy atom. The number of thioether (sulfide) groups is 1. The Labute approximate surface area is 120 Å². The van der Waals surface area contributed by atoms with Gasteiger partial charge in [0.25, 0.3) is 0 Å². The molecule has 0 aliphatic heterocycles. The van der Waals surface area contributed by atoms with Gasteiger partial charge < -0.3 is 14.8 Å². The zero-order valence-corrected chi connectivity index (χ0v) is 11.8. The van der Waals surface area contributed by atoms with E-state index in [-0.39, 0.29) is 11.5 Å². The molecule has 2 rings (SSSR count). The molecule has 0 saturated heterocycles. The lowest BCUT2D eigenvalue weighted by atomic mass is 10.2. The fraction of sp³-hybridized carbons (Fsp3) is 0.308. The van der Waals surface area contributed by atoms with Gasteiger partial charge in [-0.25, -0.2) is 0 Å². The maximum absolute atomic E-state index is 10.7. The molecule has 1 heterocycles. The summed E-state index contributed by atoms with van der Waals surface area (Å²) in [4.78, 5) is 10.7. The van der Waals surface area contributed by atoms with Gasteiger partial charge in [-0.3, -0.25) is 4.79 Å². The summed E-state index contributed by atoms with van der Waals surface area (Å²) in [5.41, 5.74) is 0.593. The van der Waals surface area contributed by atoms with E-state index >= 15 is 0 Å². The number of rotatable bonds is 6. The molecule has 1 aromatic carbocycles. The summed E-state index contributed by atoms with van der Waals surface area (Å²) in [5.74, 6) is -0.280. The number of phenolic OH excluding ortho intramolecular Hbond substituents is 1. The summed E-state index contributed by atoms with van der Waals surface area (Å²) in [6.45, 7) is 2.68. The van der Waals surface area contributed by atoms with Crippen LogP contribution >= 0.6 is 11.8 Å². The van der Waals surface area contributed by atoms with E-state index in [0.717, 1.165) is 18.2 Å². The molecule has 20 heavy (non-hydrogen) atoms. The molecule has 2 N–H and O–H groups in total. The number of nitrogens with zero attached hydrogens (tertiary/aromatic N) is 3. The van der Waals surface area contributed by atoms with Gasteiger partial charge in [-0.2, -0.15) is 0 Å². The molecular weight excluding hydrogens is 278 g/mol. The number of aromatic nitrogens is 3. The molecule has 0 atom stereocenters. The van der Waals surface area contributed by atoms with Crippen LogP contribution in [0.2, 0.25) is 0 Å². The molecule has 0 saturated carbocycles. The van der Waals surface area contributed by atoms with Crippen LogP contribution in [0.25, 0.3) is 11.4 Å². The smallest absolute Gasteiger partial charge is 0.313 e. The van der Waals surface area contributed by atoms with E-state index in [4.69, 9.17) is 5.11 Å². The van der Waals surface area contributed by atoms with Crippen molar-refractivity contribution in [3.05, 3.63) is 24.3 Å². The van der Waals surface area contributed by atoms with Gasteiger partial charge in [-0.05, 0) is 18.6 Å². The number of carboxylic acid groups (broad SMARTS) is 1. The van der Waals surface area contributed by atoms with Crippen molar-refractivity contribution in [3.63, 3.8) is 0 Å². The van der Waals surface area contributed by atoms with Crippen LogP contribution in [0.3, 0.4) is 0 Å². The minimum absolute atomic E-state index is 0.0668. The number of carboxylic acids is 1. The highest BCUT2D eigenvalue weighted by Gasteiger charge is 2.16. The summed E-state index contributed by atoms with van der Waals surface area (Å²) in [6.07, 6.45) is 0.860. The maximum atomic E-state index is 10.7. The normalized spacial score (nSPS) is 10.7. The van der Waals surface area contributed by atoms with Crippen LogP contribution in [-0.4, -0.2) is 36.7 Å². The van der Waals surface area contributed by atoms with Gasteiger partial charge in [0.1, 0.15) is 5.75 Å². The van der Waals surface area contributed by atoms with Gasteiger partial charge in [-0.15, -0.1) is 10.2 Å². The molecule has 0 spiro atoms. The summed E-state index contributed by atoms with van der Waals surface area (Å²) in [5, 5.41) is 27.3. The molecule has 0 radical (unpaired) electrons. The average molecular weight is 293 g/mol. The number of aliphatic carboxylic acids is 1. The number of hydrogen-bond donors (Lipinski definition) is 2. The lowest BCUT2D eigenvalue weighted by Crippen LogP contribution is -2.04. The largest absolute Gasteiger partial charge is 0.507 e. The second kappa shape index (κ2) is 6.42. The maximum Gasteiger partial charge on any atom is 0.313 e. The van der Waals surface area contributed by atoms with Gasteiger partial charge in [-0.1, -0.05) is 30.8 Å². The van der Waals surface area contributed by atoms with E-state index in [0.29, 0.717) is 23.1 Å². The Morgan fingerprint density at radius 2 is 2.10 bits per heavy atom. The van der Waals surface area contributed by atoms with Crippen LogP contribution in [0.1, 0.15) is 13.3 Å². The first-order chi connectivity index (χ1) is 9.63. The van der Waals surface area contributed by atoms with Gasteiger partial charge >= 0.3 is 5.97 Å². The van der Waals surface area contributed by atoms with E-state index in [2.05, 4.69) is 10.2 Å². The topological polar surface area (TPSA) is 88.2 Å². The third-order valence-corrected chi connectivity index (χ3v) is 3.59. The van der Waals surface area contributed by atoms with Crippen LogP contribution in [0, 0.1) is 0 Å². The first-order valence-electron chi connectivity index (χ1n) is 6.19. The highest BCUT2D eigenvalue weighted by atomic mass is 32.2. The van der Waals surface area contributed by atoms with Crippen LogP contribution < -0.4 is 0 Å². The standard InChI is InChI=1S/C13H15N3O3S/c1-2-7-16-12(9-5-3-4-6-10(9)17)14-15-13(16)20-8-11(18)19/h3-6,17H,2,7-8H2,1H3,(H,18,19). The van der Waals surface area contributed by atoms with Crippen LogP contribution in [0.15, 0.2) is 29.4 Å². The first-order valence-corrected chi connectivity index (χ1v) is 7.18. The summed E-state index contributed by atoms with van der Waals surface area (Å²) in [6, 6.07) is 6.89. The molecule has 0 aliphatic carbocycles. The number of phenols is 1. The summed E-state index contributed by atoms with van der Waals surface area (Å²) >= 11 is 1.12. The SMILES string of the molecule is CCCn1c(SCC(=O)O)nnc1-c1ccccc1O. The van der Waals surface area contributed by atoms with Crippen molar-refractivity contribution in [2.75, 3.05) is 5.75 Å². The molecule has 0 aliphatic rings. The second-order valence-corrected chi connectivity index (χ2v) is 5.10. The molecule has 0 fully saturated rings. The molecule has 6 nitrogen and oxygen atoms in total. The quantitative estimate of drug-likeness (QED) is 0.794. The van der Waals surface area contributed by atoms with Crippen molar-refractivity contribution in [3.8, 4) is 17.1 Å². The number of para-hydroxylation sites is 1. The summed E-state index contributed by atoms with van der Waals surface area (Å²) in [7, 11) is 0. The average Bonchev–Trinajstić information content (AvgIpc) is 2.80. The second-order valence-electron chi connectivity index (χ2n) is 4.16. The molecule has 0 bridgehead atoms. The zero-order valence-electron chi connectivity index (χ0n) is 11.0. The summed E-state index contributed by atoms with van der Waals surface area (Å²) < 4.78 is 1.84. The third kappa shape index (κ3) is 3.11. The van der Waals surface area contributed by atoms with Crippen molar-refractivity contribution in [1.82, 2.24) is 14.8 Å². The monoisotopic (exact) mass is 293 g/mol. The Balaban J connectivity index is 2.38. The Kier molecular flexibility index (Phi) is 4.62. The van der Waals surface area contributed by atoms with Crippen molar-refractivity contribution in [1.29, 1.82) is 0 Å². The molecule has 7 heteroatoms. The lowest BCUT2D eigenvalue weighted by Gasteiger charge is -2.09. The van der Waals surface area contributed by atoms with E-state index in [1.54, 1.807) is 18.2 Å². The Morgan fingerprint density at radius 1 is 1.35 bits per heavy atom. The molecule has 0 amide bonds. The third-order valence-electron chi connectivity index (χ3n) is 2.63. The highest BCUT2D eigenvalue weighted by molar-refractivity contribution is 7.99. The fourth-order valence-electron chi connectivity index (χ4n) is 1.81. The van der Waals surface area contributed by atoms with E-state index in [9.17, 15) is 9.90 Å². The Hall–Kier alpha value is -2.02. The number of aromatic hydroxyl groups is 1. The van der Waals surface area contributed by atoms with Crippen molar-refractivity contribution in [2.24, 2.45) is 0 Å². The predicted octanol–water partition coefficient (Wildman–Crippen LogP) is 2.24. The van der Waals surface area contributed by atoms with Crippen LogP contribution in [0.5, 0.6) is 5.75 Å². The zero-order chi connectivity index (χ0) is 14.5. The highest BCUT2D eigenvalue weighted by Crippen LogP contribution is 2.30. The van der Waals surface area contributed by atoms with Crippen molar-refractivity contribution < 1.29 is 15.0 Å². The molecule has 106 valence electrons. The Bertz CT molecular complexity index is 613. The van der Waals surface area contributed by atoms with Gasteiger partial charge in [0.2, 0.25) is 0 Å². The van der Waals surface area contributed by atoms with E-state index < -0.39 is 5.97 Å². The minimum atomic E-state index is -0.898. The molecule has 1 aromatic heterocycles. The first kappa shape index (κ1) is 14.4. The fourth-order valence-corrected chi connectivity index (χ4v) is 2.49. The number of hydrogen-bond acceptors (Lipinski definition) is 5. The molecule has 0 unspecified atom stereocenters. The molecular formula is C13H15N3O3S. The van der Waals surface area contributed by atoms with E-state index in [1.807, 2.05) is 17.6 Å². The molecule has 2 aromatic rings. The lowest BCUT2D eigenvalue weighted by molar-refractivity contribution is -0.133. The van der Waals surface area contributed by atoms with Crippen molar-refractivity contribution in [2.45, 2.75) is 25.0 Å². The van der Waals surface area contributed by atoms with Gasteiger partial charge in [0, 0.05) is 6.54 Å². The van der Waals surface area contributed by atoms with Gasteiger partial charge in [0.15, 0.2) is 11.0 Å². The minimum Gasteiger partial charge on any atom is -0.507 e. The van der Waals surface area contributed by atoms with Gasteiger partial charge in [0.05, 0.1) is 11.3 Å². The predicted molar refractivity (Wildman–Crippen MR) is 75.8 cm³/mol.